The predicted octanol–water partition coefficient (Wildman–Crippen LogP) is 0.00250. The third-order valence-electron chi connectivity index (χ3n) is 0.916. The third kappa shape index (κ3) is 9.43. The molecule has 0 fully saturated rings. The van der Waals surface area contributed by atoms with Crippen LogP contribution in [0.1, 0.15) is 6.42 Å². The van der Waals surface area contributed by atoms with Gasteiger partial charge in [0, 0.05) is 0 Å². The lowest BCUT2D eigenvalue weighted by molar-refractivity contribution is 0.148. The van der Waals surface area contributed by atoms with E-state index in [4.69, 9.17) is 11.2 Å². The topological polar surface area (TPSA) is 52.6 Å². The van der Waals surface area contributed by atoms with Gasteiger partial charge in [0.1, 0.15) is 6.61 Å². The van der Waals surface area contributed by atoms with Crippen molar-refractivity contribution in [1.29, 1.82) is 0 Å². The van der Waals surface area contributed by atoms with Crippen molar-refractivity contribution in [1.82, 2.24) is 0 Å². The Morgan fingerprint density at radius 3 is 2.58 bits per heavy atom. The quantitative estimate of drug-likeness (QED) is 0.338. The Labute approximate surface area is 73.0 Å². The largest absolute Gasteiger partial charge is 0.369 e. The van der Waals surface area contributed by atoms with Crippen molar-refractivity contribution in [3.63, 3.8) is 0 Å². The van der Waals surface area contributed by atoms with Crippen molar-refractivity contribution in [2.24, 2.45) is 0 Å². The van der Waals surface area contributed by atoms with Gasteiger partial charge in [0.2, 0.25) is 0 Å². The van der Waals surface area contributed by atoms with Crippen LogP contribution in [0.3, 0.4) is 0 Å². The fourth-order valence-electron chi connectivity index (χ4n) is 0.502. The maximum Gasteiger partial charge on any atom is 0.264 e. The molecule has 0 amide bonds. The van der Waals surface area contributed by atoms with Gasteiger partial charge in [-0.05, 0) is 6.42 Å². The van der Waals surface area contributed by atoms with Crippen molar-refractivity contribution >= 4 is 10.1 Å². The van der Waals surface area contributed by atoms with Crippen LogP contribution in [-0.4, -0.2) is 34.5 Å². The van der Waals surface area contributed by atoms with E-state index in [2.05, 4.69) is 10.1 Å². The maximum absolute atomic E-state index is 10.4. The number of terminal acetylenes is 1. The van der Waals surface area contributed by atoms with E-state index in [0.29, 0.717) is 13.0 Å². The van der Waals surface area contributed by atoms with Crippen LogP contribution in [0.15, 0.2) is 0 Å². The summed E-state index contributed by atoms with van der Waals surface area (Å²) in [5.41, 5.74) is 0. The fourth-order valence-corrected chi connectivity index (χ4v) is 0.923. The molecule has 70 valence electrons. The molecule has 0 spiro atoms. The van der Waals surface area contributed by atoms with Crippen LogP contribution in [-0.2, 0) is 19.0 Å². The van der Waals surface area contributed by atoms with Gasteiger partial charge >= 0.3 is 0 Å². The lowest BCUT2D eigenvalue weighted by atomic mass is 10.5. The average molecular weight is 192 g/mol. The zero-order valence-corrected chi connectivity index (χ0v) is 7.76. The van der Waals surface area contributed by atoms with Crippen LogP contribution < -0.4 is 0 Å². The number of rotatable bonds is 6. The molecule has 0 unspecified atom stereocenters. The van der Waals surface area contributed by atoms with Crippen molar-refractivity contribution in [2.45, 2.75) is 6.42 Å². The second-order valence-electron chi connectivity index (χ2n) is 2.14. The molecule has 0 aromatic rings. The minimum atomic E-state index is -3.31. The first-order chi connectivity index (χ1) is 5.56. The zero-order valence-electron chi connectivity index (χ0n) is 6.95. The highest BCUT2D eigenvalue weighted by Gasteiger charge is 1.99. The van der Waals surface area contributed by atoms with E-state index in [1.54, 1.807) is 0 Å². The Morgan fingerprint density at radius 2 is 2.08 bits per heavy atom. The molecular weight excluding hydrogens is 180 g/mol. The third-order valence-corrected chi connectivity index (χ3v) is 1.51. The summed E-state index contributed by atoms with van der Waals surface area (Å²) in [6.45, 7) is 0.808. The second kappa shape index (κ2) is 6.00. The van der Waals surface area contributed by atoms with Crippen LogP contribution in [0.4, 0.5) is 0 Å². The summed E-state index contributed by atoms with van der Waals surface area (Å²) in [6, 6.07) is 0. The van der Waals surface area contributed by atoms with Gasteiger partial charge in [-0.3, -0.25) is 4.18 Å². The van der Waals surface area contributed by atoms with Crippen molar-refractivity contribution in [2.75, 3.05) is 26.1 Å². The summed E-state index contributed by atoms with van der Waals surface area (Å²) >= 11 is 0. The Balaban J connectivity index is 3.18. The molecule has 12 heavy (non-hydrogen) atoms. The molecule has 0 saturated carbocycles. The predicted molar refractivity (Wildman–Crippen MR) is 45.1 cm³/mol. The molecule has 4 nitrogen and oxygen atoms in total. The zero-order chi connectivity index (χ0) is 9.45. The van der Waals surface area contributed by atoms with Gasteiger partial charge in [-0.25, -0.2) is 0 Å². The van der Waals surface area contributed by atoms with Crippen LogP contribution in [0, 0.1) is 12.3 Å². The highest BCUT2D eigenvalue weighted by molar-refractivity contribution is 7.85. The van der Waals surface area contributed by atoms with Crippen molar-refractivity contribution in [3.8, 4) is 12.3 Å². The van der Waals surface area contributed by atoms with E-state index in [1.807, 2.05) is 0 Å². The van der Waals surface area contributed by atoms with E-state index in [0.717, 1.165) is 6.26 Å². The number of hydrogen-bond acceptors (Lipinski definition) is 4. The summed E-state index contributed by atoms with van der Waals surface area (Å²) in [5.74, 6) is 2.29. The standard InChI is InChI=1S/C7H12O4S/c1-3-5-10-6-4-7-11-12(2,8)9/h1H,4-7H2,2H3. The molecule has 0 N–H and O–H groups in total. The fraction of sp³-hybridized carbons (Fsp3) is 0.714. The van der Waals surface area contributed by atoms with Gasteiger partial charge in [0.15, 0.2) is 0 Å². The number of hydrogen-bond donors (Lipinski definition) is 0. The van der Waals surface area contributed by atoms with E-state index in [-0.39, 0.29) is 13.2 Å². The molecule has 0 radical (unpaired) electrons. The van der Waals surface area contributed by atoms with Gasteiger partial charge in [-0.2, -0.15) is 8.42 Å². The first kappa shape index (κ1) is 11.4. The maximum atomic E-state index is 10.4. The summed E-state index contributed by atoms with van der Waals surface area (Å²) in [6.07, 6.45) is 6.44. The summed E-state index contributed by atoms with van der Waals surface area (Å²) < 4.78 is 30.2. The molecule has 0 aliphatic heterocycles. The van der Waals surface area contributed by atoms with Gasteiger partial charge in [-0.15, -0.1) is 6.42 Å². The van der Waals surface area contributed by atoms with E-state index < -0.39 is 10.1 Å². The molecule has 0 atom stereocenters. The molecular formula is C7H12O4S. The minimum Gasteiger partial charge on any atom is -0.369 e. The molecule has 0 rings (SSSR count). The van der Waals surface area contributed by atoms with E-state index in [1.165, 1.54) is 0 Å². The highest BCUT2D eigenvalue weighted by Crippen LogP contribution is 1.90. The Bertz CT molecular complexity index is 237. The molecule has 0 aromatic carbocycles. The van der Waals surface area contributed by atoms with Gasteiger partial charge in [0.25, 0.3) is 10.1 Å². The van der Waals surface area contributed by atoms with Crippen LogP contribution >= 0.6 is 0 Å². The lowest BCUT2D eigenvalue weighted by Crippen LogP contribution is -2.06. The number of ether oxygens (including phenoxy) is 1. The van der Waals surface area contributed by atoms with Gasteiger partial charge in [-0.1, -0.05) is 5.92 Å². The monoisotopic (exact) mass is 192 g/mol. The van der Waals surface area contributed by atoms with E-state index in [9.17, 15) is 8.42 Å². The smallest absolute Gasteiger partial charge is 0.264 e. The molecule has 5 heteroatoms. The van der Waals surface area contributed by atoms with Gasteiger partial charge in [0.05, 0.1) is 19.5 Å². The molecule has 0 saturated heterocycles. The summed E-state index contributed by atoms with van der Waals surface area (Å²) in [7, 11) is -3.31. The minimum absolute atomic E-state index is 0.142. The second-order valence-corrected chi connectivity index (χ2v) is 3.78. The Hall–Kier alpha value is -0.570. The summed E-state index contributed by atoms with van der Waals surface area (Å²) in [5, 5.41) is 0. The van der Waals surface area contributed by atoms with Crippen LogP contribution in [0.25, 0.3) is 0 Å². The SMILES string of the molecule is C#CCOCCCOS(C)(=O)=O. The molecule has 0 aliphatic rings. The van der Waals surface area contributed by atoms with Crippen molar-refractivity contribution in [3.05, 3.63) is 0 Å². The van der Waals surface area contributed by atoms with E-state index >= 15 is 0 Å². The molecule has 0 heterocycles. The molecule has 0 bridgehead atoms. The average Bonchev–Trinajstić information content (AvgIpc) is 1.94. The lowest BCUT2D eigenvalue weighted by Gasteiger charge is -2.00. The Morgan fingerprint density at radius 1 is 1.42 bits per heavy atom. The van der Waals surface area contributed by atoms with Crippen molar-refractivity contribution < 1.29 is 17.3 Å². The first-order valence-electron chi connectivity index (χ1n) is 3.42. The molecule has 0 aromatic heterocycles. The highest BCUT2D eigenvalue weighted by atomic mass is 32.2. The summed E-state index contributed by atoms with van der Waals surface area (Å²) in [4.78, 5) is 0. The van der Waals surface area contributed by atoms with Crippen LogP contribution in [0.5, 0.6) is 0 Å². The van der Waals surface area contributed by atoms with Crippen LogP contribution in [0.2, 0.25) is 0 Å². The first-order valence-corrected chi connectivity index (χ1v) is 5.23. The molecule has 0 aliphatic carbocycles. The Kier molecular flexibility index (Phi) is 5.72. The normalized spacial score (nSPS) is 11.0. The van der Waals surface area contributed by atoms with Gasteiger partial charge < -0.3 is 4.74 Å².